The number of carboxylic acid groups (broad SMARTS) is 1. The molecule has 0 fully saturated rings. The lowest BCUT2D eigenvalue weighted by Crippen LogP contribution is -2.26. The van der Waals surface area contributed by atoms with Crippen LogP contribution in [0.1, 0.15) is 26.6 Å². The molecule has 2 aromatic heterocycles. The summed E-state index contributed by atoms with van der Waals surface area (Å²) in [5.41, 5.74) is 4.46. The van der Waals surface area contributed by atoms with Gasteiger partial charge in [0.05, 0.1) is 24.0 Å². The molecule has 0 bridgehead atoms. The number of alkyl halides is 3. The number of hydrogen-bond acceptors (Lipinski definition) is 10. The maximum atomic E-state index is 12.9. The summed E-state index contributed by atoms with van der Waals surface area (Å²) < 4.78 is 37.4. The number of benzene rings is 1. The summed E-state index contributed by atoms with van der Waals surface area (Å²) in [4.78, 5) is 41.3. The van der Waals surface area contributed by atoms with Gasteiger partial charge in [0.2, 0.25) is 5.95 Å². The van der Waals surface area contributed by atoms with Crippen molar-refractivity contribution in [1.82, 2.24) is 19.9 Å². The number of aryl methyl sites for hydroxylation is 1. The molecular weight excluding hydrogens is 539 g/mol. The van der Waals surface area contributed by atoms with Crippen LogP contribution in [0.2, 0.25) is 0 Å². The van der Waals surface area contributed by atoms with Crippen LogP contribution in [0.3, 0.4) is 0 Å². The number of carbonyl (C=O) groups excluding carboxylic acids is 1. The minimum Gasteiger partial charge on any atom is -0.495 e. The highest BCUT2D eigenvalue weighted by atomic mass is 32.1. The number of aromatic nitrogens is 3. The molecule has 0 spiro atoms. The number of methoxy groups -OCH3 is 1. The number of aliphatic carboxylic acids is 1. The van der Waals surface area contributed by atoms with Crippen LogP contribution in [0.25, 0.3) is 0 Å². The standard InChI is InChI=1S/C22H25N7O2S.C2HF3O2/c1-12-24-18-20(30)28(3)16-10-23-22(26-19(16)29(4)21(18)32-12)25-15-8-14-11-27(2)7-6-13(14)9-17(15)31-5;3-2(4,5)1(6)7/h8-10H,6-7,11H2,1-5H3,(H,23,25,26);(H,6,7). The van der Waals surface area contributed by atoms with Gasteiger partial charge in [-0.15, -0.1) is 11.3 Å². The van der Waals surface area contributed by atoms with E-state index in [2.05, 4.69) is 39.4 Å². The van der Waals surface area contributed by atoms with Crippen molar-refractivity contribution in [2.24, 2.45) is 0 Å². The summed E-state index contributed by atoms with van der Waals surface area (Å²) >= 11 is 1.47. The molecule has 39 heavy (non-hydrogen) atoms. The Hall–Kier alpha value is -3.98. The van der Waals surface area contributed by atoms with Crippen LogP contribution in [0, 0.1) is 6.92 Å². The number of nitrogens with one attached hydrogen (secondary N) is 1. The van der Waals surface area contributed by atoms with Gasteiger partial charge in [0, 0.05) is 27.2 Å². The first-order valence-corrected chi connectivity index (χ1v) is 12.4. The predicted octanol–water partition coefficient (Wildman–Crippen LogP) is 3.97. The van der Waals surface area contributed by atoms with Gasteiger partial charge in [0.1, 0.15) is 16.4 Å². The molecule has 0 atom stereocenters. The number of nitrogens with zero attached hydrogens (tertiary/aromatic N) is 6. The largest absolute Gasteiger partial charge is 0.495 e. The second-order valence-corrected chi connectivity index (χ2v) is 10.1. The smallest absolute Gasteiger partial charge is 0.490 e. The van der Waals surface area contributed by atoms with E-state index in [-0.39, 0.29) is 5.91 Å². The van der Waals surface area contributed by atoms with Crippen molar-refractivity contribution in [2.75, 3.05) is 49.9 Å². The molecule has 5 rings (SSSR count). The number of carboxylic acids is 1. The number of hydrogen-bond donors (Lipinski definition) is 2. The van der Waals surface area contributed by atoms with Crippen molar-refractivity contribution >= 4 is 51.4 Å². The maximum Gasteiger partial charge on any atom is 0.490 e. The van der Waals surface area contributed by atoms with E-state index in [1.54, 1.807) is 25.3 Å². The van der Waals surface area contributed by atoms with Crippen molar-refractivity contribution in [3.8, 4) is 5.75 Å². The van der Waals surface area contributed by atoms with Gasteiger partial charge in [-0.25, -0.2) is 14.8 Å². The van der Waals surface area contributed by atoms with Crippen molar-refractivity contribution in [1.29, 1.82) is 0 Å². The average Bonchev–Trinajstić information content (AvgIpc) is 3.25. The summed E-state index contributed by atoms with van der Waals surface area (Å²) in [6.45, 7) is 3.82. The van der Waals surface area contributed by atoms with Gasteiger partial charge in [-0.1, -0.05) is 0 Å². The fraction of sp³-hybridized carbons (Fsp3) is 0.375. The second-order valence-electron chi connectivity index (χ2n) is 8.95. The number of fused-ring (bicyclic) bond motifs is 3. The van der Waals surface area contributed by atoms with Crippen LogP contribution >= 0.6 is 11.3 Å². The van der Waals surface area contributed by atoms with Crippen LogP contribution in [-0.2, 0) is 17.8 Å². The first-order chi connectivity index (χ1) is 18.3. The Morgan fingerprint density at radius 1 is 1.15 bits per heavy atom. The summed E-state index contributed by atoms with van der Waals surface area (Å²) in [7, 11) is 7.41. The maximum absolute atomic E-state index is 12.9. The molecule has 2 aliphatic rings. The zero-order valence-corrected chi connectivity index (χ0v) is 22.6. The fourth-order valence-corrected chi connectivity index (χ4v) is 5.04. The minimum absolute atomic E-state index is 0.167. The quantitative estimate of drug-likeness (QED) is 0.482. The Balaban J connectivity index is 0.000000448. The van der Waals surface area contributed by atoms with Crippen LogP contribution in [0.15, 0.2) is 18.3 Å². The summed E-state index contributed by atoms with van der Waals surface area (Å²) in [6.07, 6.45) is -2.42. The first kappa shape index (κ1) is 28.0. The van der Waals surface area contributed by atoms with E-state index in [1.807, 2.05) is 18.9 Å². The van der Waals surface area contributed by atoms with Crippen molar-refractivity contribution < 1.29 is 32.6 Å². The first-order valence-electron chi connectivity index (χ1n) is 11.6. The van der Waals surface area contributed by atoms with E-state index in [1.165, 1.54) is 22.5 Å². The zero-order valence-electron chi connectivity index (χ0n) is 21.8. The summed E-state index contributed by atoms with van der Waals surface area (Å²) in [6, 6.07) is 4.21. The Labute approximate surface area is 225 Å². The molecule has 0 saturated heterocycles. The number of thiazole rings is 1. The van der Waals surface area contributed by atoms with Crippen molar-refractivity contribution in [3.05, 3.63) is 40.2 Å². The third-order valence-electron chi connectivity index (χ3n) is 6.17. The molecule has 0 aliphatic carbocycles. The van der Waals surface area contributed by atoms with Gasteiger partial charge in [-0.3, -0.25) is 4.79 Å². The summed E-state index contributed by atoms with van der Waals surface area (Å²) in [5, 5.41) is 12.1. The van der Waals surface area contributed by atoms with Gasteiger partial charge < -0.3 is 29.9 Å². The topological polar surface area (TPSA) is 124 Å². The normalized spacial score (nSPS) is 14.9. The number of amides is 1. The molecule has 2 aliphatic heterocycles. The van der Waals surface area contributed by atoms with E-state index in [0.717, 1.165) is 41.0 Å². The number of anilines is 5. The van der Waals surface area contributed by atoms with Crippen LogP contribution in [0.4, 0.5) is 41.3 Å². The summed E-state index contributed by atoms with van der Waals surface area (Å²) in [5.74, 6) is -1.10. The molecular formula is C24H26F3N7O4S. The molecule has 11 nitrogen and oxygen atoms in total. The molecule has 0 saturated carbocycles. The second kappa shape index (κ2) is 10.6. The van der Waals surface area contributed by atoms with E-state index in [4.69, 9.17) is 19.6 Å². The van der Waals surface area contributed by atoms with Gasteiger partial charge >= 0.3 is 12.1 Å². The van der Waals surface area contributed by atoms with Crippen molar-refractivity contribution in [3.63, 3.8) is 0 Å². The van der Waals surface area contributed by atoms with Crippen LogP contribution < -0.4 is 19.9 Å². The number of halogens is 3. The predicted molar refractivity (Wildman–Crippen MR) is 140 cm³/mol. The number of likely N-dealkylation sites (N-methyl/N-ethyl adjacent to an activating group) is 1. The molecule has 1 amide bonds. The lowest BCUT2D eigenvalue weighted by atomic mass is 9.99. The third kappa shape index (κ3) is 5.73. The molecule has 4 heterocycles. The number of ether oxygens (including phenoxy) is 1. The highest BCUT2D eigenvalue weighted by Gasteiger charge is 2.38. The van der Waals surface area contributed by atoms with E-state index < -0.39 is 12.1 Å². The molecule has 0 unspecified atom stereocenters. The average molecular weight is 566 g/mol. The molecule has 208 valence electrons. The molecule has 0 radical (unpaired) electrons. The molecule has 2 N–H and O–H groups in total. The lowest BCUT2D eigenvalue weighted by Gasteiger charge is -2.26. The molecule has 3 aromatic rings. The highest BCUT2D eigenvalue weighted by molar-refractivity contribution is 7.16. The minimum atomic E-state index is -5.08. The lowest BCUT2D eigenvalue weighted by molar-refractivity contribution is -0.192. The Morgan fingerprint density at radius 3 is 2.49 bits per heavy atom. The number of rotatable bonds is 3. The van der Waals surface area contributed by atoms with Gasteiger partial charge in [-0.2, -0.15) is 18.2 Å². The highest BCUT2D eigenvalue weighted by Crippen LogP contribution is 2.41. The molecule has 15 heteroatoms. The third-order valence-corrected chi connectivity index (χ3v) is 7.22. The van der Waals surface area contributed by atoms with Crippen LogP contribution in [0.5, 0.6) is 5.75 Å². The van der Waals surface area contributed by atoms with Gasteiger partial charge in [0.15, 0.2) is 11.5 Å². The monoisotopic (exact) mass is 565 g/mol. The SMILES string of the molecule is COc1cc2c(cc1Nc1ncc3c(n1)N(C)c1sc(C)nc1C(=O)N3C)CN(C)CC2.O=C(O)C(F)(F)F. The van der Waals surface area contributed by atoms with E-state index in [9.17, 15) is 18.0 Å². The van der Waals surface area contributed by atoms with Gasteiger partial charge in [0.25, 0.3) is 5.91 Å². The fourth-order valence-electron chi connectivity index (χ4n) is 4.17. The van der Waals surface area contributed by atoms with Crippen LogP contribution in [-0.4, -0.2) is 77.8 Å². The molecule has 1 aromatic carbocycles. The van der Waals surface area contributed by atoms with E-state index in [0.29, 0.717) is 23.1 Å². The van der Waals surface area contributed by atoms with Crippen molar-refractivity contribution in [2.45, 2.75) is 26.1 Å². The number of carbonyl (C=O) groups is 2. The van der Waals surface area contributed by atoms with E-state index >= 15 is 0 Å². The zero-order chi connectivity index (χ0) is 28.6. The van der Waals surface area contributed by atoms with Gasteiger partial charge in [-0.05, 0) is 43.7 Å². The Kier molecular flexibility index (Phi) is 7.66. The Bertz CT molecular complexity index is 1430. The Morgan fingerprint density at radius 2 is 1.85 bits per heavy atom.